The lowest BCUT2D eigenvalue weighted by atomic mass is 9.66. The van der Waals surface area contributed by atoms with Crippen LogP contribution < -0.4 is 5.32 Å². The first-order chi connectivity index (χ1) is 10.3. The van der Waals surface area contributed by atoms with Crippen LogP contribution in [0.25, 0.3) is 0 Å². The summed E-state index contributed by atoms with van der Waals surface area (Å²) in [6.45, 7) is 3.41. The van der Waals surface area contributed by atoms with E-state index in [4.69, 9.17) is 0 Å². The van der Waals surface area contributed by atoms with Gasteiger partial charge in [-0.3, -0.25) is 0 Å². The lowest BCUT2D eigenvalue weighted by molar-refractivity contribution is 0.110. The van der Waals surface area contributed by atoms with Crippen molar-refractivity contribution in [2.24, 2.45) is 17.8 Å². The summed E-state index contributed by atoms with van der Waals surface area (Å²) in [5, 5.41) is 6.09. The number of hydrogen-bond donors (Lipinski definition) is 1. The Morgan fingerprint density at radius 2 is 2.05 bits per heavy atom. The molecule has 1 aromatic rings. The standard InChI is InChI=1S/C18H28BrNS/c1-2-10-20-17(18-16(19)9-11-21-18)15-8-7-13-5-3-4-6-14(13)12-15/h9,11,13-15,17,20H,2-8,10,12H2,1H3. The second kappa shape index (κ2) is 7.61. The van der Waals surface area contributed by atoms with E-state index >= 15 is 0 Å². The average molecular weight is 370 g/mol. The Bertz CT molecular complexity index is 444. The van der Waals surface area contributed by atoms with Gasteiger partial charge in [0.25, 0.3) is 0 Å². The van der Waals surface area contributed by atoms with Crippen LogP contribution in [0.1, 0.15) is 69.2 Å². The van der Waals surface area contributed by atoms with Gasteiger partial charge in [0.1, 0.15) is 0 Å². The van der Waals surface area contributed by atoms with Crippen LogP contribution in [0.4, 0.5) is 0 Å². The van der Waals surface area contributed by atoms with E-state index in [2.05, 4.69) is 39.6 Å². The summed E-state index contributed by atoms with van der Waals surface area (Å²) in [6, 6.07) is 2.79. The molecule has 4 atom stereocenters. The zero-order chi connectivity index (χ0) is 14.7. The summed E-state index contributed by atoms with van der Waals surface area (Å²) in [7, 11) is 0. The second-order valence-corrected chi connectivity index (χ2v) is 8.74. The van der Waals surface area contributed by atoms with Gasteiger partial charge in [-0.05, 0) is 77.4 Å². The van der Waals surface area contributed by atoms with Crippen LogP contribution in [0.5, 0.6) is 0 Å². The van der Waals surface area contributed by atoms with Crippen molar-refractivity contribution in [3.63, 3.8) is 0 Å². The summed E-state index contributed by atoms with van der Waals surface area (Å²) >= 11 is 5.69. The highest BCUT2D eigenvalue weighted by Crippen LogP contribution is 2.47. The Morgan fingerprint density at radius 1 is 1.24 bits per heavy atom. The summed E-state index contributed by atoms with van der Waals surface area (Å²) in [4.78, 5) is 1.53. The molecule has 2 fully saturated rings. The van der Waals surface area contributed by atoms with E-state index in [1.807, 2.05) is 11.3 Å². The molecule has 21 heavy (non-hydrogen) atoms. The quantitative estimate of drug-likeness (QED) is 0.655. The molecule has 1 heterocycles. The Kier molecular flexibility index (Phi) is 5.80. The van der Waals surface area contributed by atoms with Gasteiger partial charge in [-0.1, -0.05) is 32.6 Å². The number of halogens is 1. The first-order valence-electron chi connectivity index (χ1n) is 8.75. The zero-order valence-electron chi connectivity index (χ0n) is 13.1. The lowest BCUT2D eigenvalue weighted by Crippen LogP contribution is -2.35. The minimum absolute atomic E-state index is 0.571. The number of hydrogen-bond acceptors (Lipinski definition) is 2. The minimum Gasteiger partial charge on any atom is -0.309 e. The predicted molar refractivity (Wildman–Crippen MR) is 95.8 cm³/mol. The van der Waals surface area contributed by atoms with Gasteiger partial charge in [-0.2, -0.15) is 0 Å². The first-order valence-corrected chi connectivity index (χ1v) is 10.4. The first kappa shape index (κ1) is 16.0. The van der Waals surface area contributed by atoms with Crippen LogP contribution in [-0.2, 0) is 0 Å². The Labute approximate surface area is 142 Å². The molecule has 3 heteroatoms. The van der Waals surface area contributed by atoms with Gasteiger partial charge in [0.05, 0.1) is 0 Å². The minimum atomic E-state index is 0.571. The molecular formula is C18H28BrNS. The Hall–Kier alpha value is 0.140. The molecule has 0 amide bonds. The van der Waals surface area contributed by atoms with E-state index in [1.54, 1.807) is 0 Å². The Morgan fingerprint density at radius 3 is 2.76 bits per heavy atom. The predicted octanol–water partition coefficient (Wildman–Crippen LogP) is 6.16. The highest BCUT2D eigenvalue weighted by atomic mass is 79.9. The summed E-state index contributed by atoms with van der Waals surface area (Å²) in [5.41, 5.74) is 0. The summed E-state index contributed by atoms with van der Waals surface area (Å²) in [6.07, 6.45) is 11.5. The molecule has 0 bridgehead atoms. The van der Waals surface area contributed by atoms with Crippen LogP contribution >= 0.6 is 27.3 Å². The highest BCUT2D eigenvalue weighted by Gasteiger charge is 2.36. The molecule has 0 saturated heterocycles. The maximum Gasteiger partial charge on any atom is 0.0454 e. The summed E-state index contributed by atoms with van der Waals surface area (Å²) in [5.74, 6) is 2.90. The van der Waals surface area contributed by atoms with Crippen molar-refractivity contribution < 1.29 is 0 Å². The van der Waals surface area contributed by atoms with Crippen molar-refractivity contribution in [3.8, 4) is 0 Å². The average Bonchev–Trinajstić information content (AvgIpc) is 2.94. The number of thiophene rings is 1. The molecule has 2 aliphatic rings. The largest absolute Gasteiger partial charge is 0.309 e. The van der Waals surface area contributed by atoms with Crippen molar-refractivity contribution in [1.29, 1.82) is 0 Å². The van der Waals surface area contributed by atoms with Gasteiger partial charge < -0.3 is 5.32 Å². The van der Waals surface area contributed by atoms with Crippen molar-refractivity contribution >= 4 is 27.3 Å². The van der Waals surface area contributed by atoms with E-state index in [0.29, 0.717) is 6.04 Å². The van der Waals surface area contributed by atoms with Crippen molar-refractivity contribution in [1.82, 2.24) is 5.32 Å². The molecule has 0 aliphatic heterocycles. The topological polar surface area (TPSA) is 12.0 Å². The molecule has 0 radical (unpaired) electrons. The molecule has 2 aliphatic carbocycles. The van der Waals surface area contributed by atoms with Crippen LogP contribution in [0.15, 0.2) is 15.9 Å². The number of nitrogens with one attached hydrogen (secondary N) is 1. The van der Waals surface area contributed by atoms with Crippen LogP contribution in [0.2, 0.25) is 0 Å². The van der Waals surface area contributed by atoms with Gasteiger partial charge in [0, 0.05) is 15.4 Å². The Balaban J connectivity index is 1.72. The van der Waals surface area contributed by atoms with Crippen LogP contribution in [-0.4, -0.2) is 6.54 Å². The van der Waals surface area contributed by atoms with Crippen molar-refractivity contribution in [2.75, 3.05) is 6.54 Å². The fraction of sp³-hybridized carbons (Fsp3) is 0.778. The number of rotatable bonds is 5. The van der Waals surface area contributed by atoms with Gasteiger partial charge in [0.2, 0.25) is 0 Å². The highest BCUT2D eigenvalue weighted by molar-refractivity contribution is 9.10. The van der Waals surface area contributed by atoms with E-state index in [0.717, 1.165) is 24.3 Å². The van der Waals surface area contributed by atoms with Crippen LogP contribution in [0.3, 0.4) is 0 Å². The van der Waals surface area contributed by atoms with E-state index in [-0.39, 0.29) is 0 Å². The maximum atomic E-state index is 3.86. The maximum absolute atomic E-state index is 3.86. The molecule has 2 saturated carbocycles. The molecule has 1 N–H and O–H groups in total. The third-order valence-corrected chi connectivity index (χ3v) is 7.55. The molecule has 1 nitrogen and oxygen atoms in total. The van der Waals surface area contributed by atoms with Gasteiger partial charge in [-0.15, -0.1) is 11.3 Å². The molecule has 0 spiro atoms. The van der Waals surface area contributed by atoms with Crippen molar-refractivity contribution in [3.05, 3.63) is 20.8 Å². The molecule has 4 unspecified atom stereocenters. The van der Waals surface area contributed by atoms with Gasteiger partial charge in [0.15, 0.2) is 0 Å². The molecule has 3 rings (SSSR count). The molecule has 0 aromatic carbocycles. The van der Waals surface area contributed by atoms with E-state index < -0.39 is 0 Å². The fourth-order valence-corrected chi connectivity index (χ4v) is 6.30. The fourth-order valence-electron chi connectivity index (χ4n) is 4.51. The monoisotopic (exact) mass is 369 g/mol. The van der Waals surface area contributed by atoms with E-state index in [1.165, 1.54) is 60.7 Å². The molecule has 118 valence electrons. The normalized spacial score (nSPS) is 30.9. The summed E-state index contributed by atoms with van der Waals surface area (Å²) < 4.78 is 1.31. The molecule has 1 aromatic heterocycles. The van der Waals surface area contributed by atoms with E-state index in [9.17, 15) is 0 Å². The number of fused-ring (bicyclic) bond motifs is 1. The zero-order valence-corrected chi connectivity index (χ0v) is 15.5. The third-order valence-electron chi connectivity index (χ3n) is 5.59. The van der Waals surface area contributed by atoms with Gasteiger partial charge in [-0.25, -0.2) is 0 Å². The second-order valence-electron chi connectivity index (χ2n) is 6.94. The molecular weight excluding hydrogens is 342 g/mol. The van der Waals surface area contributed by atoms with Gasteiger partial charge >= 0.3 is 0 Å². The SMILES string of the molecule is CCCNC(c1sccc1Br)C1CCC2CCCCC2C1. The lowest BCUT2D eigenvalue weighted by Gasteiger charge is -2.42. The van der Waals surface area contributed by atoms with Crippen molar-refractivity contribution in [2.45, 2.75) is 64.3 Å². The third kappa shape index (κ3) is 3.73. The van der Waals surface area contributed by atoms with Crippen LogP contribution in [0, 0.1) is 17.8 Å². The smallest absolute Gasteiger partial charge is 0.0454 e.